The first-order chi connectivity index (χ1) is 11.6. The lowest BCUT2D eigenvalue weighted by Crippen LogP contribution is -2.40. The molecular weight excluding hydrogens is 347 g/mol. The third kappa shape index (κ3) is 4.35. The minimum atomic E-state index is -0.270. The zero-order valence-electron chi connectivity index (χ0n) is 14.1. The molecule has 0 bridgehead atoms. The molecule has 3 rings (SSSR count). The molecule has 2 N–H and O–H groups in total. The minimum Gasteiger partial charge on any atom is -0.339 e. The van der Waals surface area contributed by atoms with E-state index in [0.717, 1.165) is 19.4 Å². The molecule has 136 valence electrons. The summed E-state index contributed by atoms with van der Waals surface area (Å²) < 4.78 is 18.5. The fourth-order valence-corrected chi connectivity index (χ4v) is 3.02. The summed E-state index contributed by atoms with van der Waals surface area (Å²) in [5.41, 5.74) is 6.91. The van der Waals surface area contributed by atoms with E-state index in [0.29, 0.717) is 42.2 Å². The van der Waals surface area contributed by atoms with Gasteiger partial charge in [-0.3, -0.25) is 4.79 Å². The van der Waals surface area contributed by atoms with Gasteiger partial charge in [0.1, 0.15) is 5.82 Å². The molecule has 2 aromatic rings. The number of hydrogen-bond donors (Lipinski definition) is 1. The molecule has 1 amide bonds. The summed E-state index contributed by atoms with van der Waals surface area (Å²) in [4.78, 5) is 18.4. The molecule has 1 aromatic heterocycles. The second-order valence-electron chi connectivity index (χ2n) is 6.09. The molecule has 0 aliphatic carbocycles. The third-order valence-corrected chi connectivity index (χ3v) is 4.41. The van der Waals surface area contributed by atoms with Crippen LogP contribution >= 0.6 is 12.4 Å². The zero-order valence-corrected chi connectivity index (χ0v) is 14.9. The van der Waals surface area contributed by atoms with Crippen molar-refractivity contribution in [2.24, 2.45) is 5.73 Å². The fourth-order valence-electron chi connectivity index (χ4n) is 3.02. The zero-order chi connectivity index (χ0) is 17.1. The van der Waals surface area contributed by atoms with Crippen molar-refractivity contribution in [1.29, 1.82) is 0 Å². The summed E-state index contributed by atoms with van der Waals surface area (Å²) in [6.07, 6.45) is 2.68. The van der Waals surface area contributed by atoms with Crippen molar-refractivity contribution in [3.63, 3.8) is 0 Å². The number of likely N-dealkylation sites (tertiary alicyclic amines) is 1. The topological polar surface area (TPSA) is 85.2 Å². The number of hydrogen-bond acceptors (Lipinski definition) is 5. The summed E-state index contributed by atoms with van der Waals surface area (Å²) in [5, 5.41) is 3.91. The lowest BCUT2D eigenvalue weighted by molar-refractivity contribution is -0.131. The van der Waals surface area contributed by atoms with Gasteiger partial charge < -0.3 is 15.2 Å². The van der Waals surface area contributed by atoms with Gasteiger partial charge in [0.15, 0.2) is 0 Å². The van der Waals surface area contributed by atoms with Crippen molar-refractivity contribution < 1.29 is 13.7 Å². The monoisotopic (exact) mass is 368 g/mol. The Labute approximate surface area is 152 Å². The highest BCUT2D eigenvalue weighted by atomic mass is 35.5. The van der Waals surface area contributed by atoms with Crippen LogP contribution in [0.1, 0.15) is 30.7 Å². The molecule has 1 aliphatic rings. The summed E-state index contributed by atoms with van der Waals surface area (Å²) in [5.74, 6) is 0.610. The lowest BCUT2D eigenvalue weighted by Gasteiger charge is -2.23. The van der Waals surface area contributed by atoms with E-state index in [-0.39, 0.29) is 30.2 Å². The first kappa shape index (κ1) is 19.3. The van der Waals surface area contributed by atoms with Gasteiger partial charge >= 0.3 is 0 Å². The molecule has 0 spiro atoms. The minimum absolute atomic E-state index is 0. The number of halogens is 2. The van der Waals surface area contributed by atoms with E-state index >= 15 is 0 Å². The van der Waals surface area contributed by atoms with Gasteiger partial charge in [-0.1, -0.05) is 5.16 Å². The fraction of sp³-hybridized carbons (Fsp3) is 0.471. The summed E-state index contributed by atoms with van der Waals surface area (Å²) in [7, 11) is 0. The van der Waals surface area contributed by atoms with Crippen LogP contribution in [0.15, 0.2) is 22.7 Å². The van der Waals surface area contributed by atoms with E-state index < -0.39 is 0 Å². The number of nitrogens with zero attached hydrogens (tertiary/aromatic N) is 3. The highest BCUT2D eigenvalue weighted by Crippen LogP contribution is 2.20. The van der Waals surface area contributed by atoms with Crippen molar-refractivity contribution >= 4 is 18.3 Å². The summed E-state index contributed by atoms with van der Waals surface area (Å²) in [6.45, 7) is 2.95. The van der Waals surface area contributed by atoms with Crippen LogP contribution in [0.25, 0.3) is 11.4 Å². The molecule has 1 aromatic carbocycles. The molecule has 1 atom stereocenters. The molecule has 1 unspecified atom stereocenters. The van der Waals surface area contributed by atoms with Crippen LogP contribution in [-0.4, -0.2) is 40.1 Å². The van der Waals surface area contributed by atoms with Gasteiger partial charge in [-0.15, -0.1) is 12.4 Å². The standard InChI is InChI=1S/C17H21FN4O2.ClH/c1-11-9-12(4-5-14(11)18)17-20-15(24-21-17)6-7-16(23)22-8-2-3-13(22)10-19;/h4-5,9,13H,2-3,6-8,10,19H2,1H3;1H. The average Bonchev–Trinajstić information content (AvgIpc) is 3.24. The Bertz CT molecular complexity index is 737. The highest BCUT2D eigenvalue weighted by Gasteiger charge is 2.27. The first-order valence-electron chi connectivity index (χ1n) is 8.17. The van der Waals surface area contributed by atoms with E-state index in [9.17, 15) is 9.18 Å². The van der Waals surface area contributed by atoms with Gasteiger partial charge in [-0.05, 0) is 43.5 Å². The molecule has 6 nitrogen and oxygen atoms in total. The molecule has 25 heavy (non-hydrogen) atoms. The first-order valence-corrected chi connectivity index (χ1v) is 8.17. The third-order valence-electron chi connectivity index (χ3n) is 4.41. The number of rotatable bonds is 5. The Morgan fingerprint density at radius 3 is 3.00 bits per heavy atom. The predicted molar refractivity (Wildman–Crippen MR) is 93.8 cm³/mol. The number of aromatic nitrogens is 2. The average molecular weight is 369 g/mol. The summed E-state index contributed by atoms with van der Waals surface area (Å²) in [6, 6.07) is 4.81. The number of benzene rings is 1. The van der Waals surface area contributed by atoms with E-state index in [1.54, 1.807) is 19.1 Å². The number of nitrogens with two attached hydrogens (primary N) is 1. The highest BCUT2D eigenvalue weighted by molar-refractivity contribution is 5.85. The van der Waals surface area contributed by atoms with Gasteiger partial charge in [-0.2, -0.15) is 4.98 Å². The van der Waals surface area contributed by atoms with Crippen LogP contribution in [0, 0.1) is 12.7 Å². The van der Waals surface area contributed by atoms with Crippen molar-refractivity contribution in [1.82, 2.24) is 15.0 Å². The molecular formula is C17H22ClFN4O2. The number of carbonyl (C=O) groups is 1. The van der Waals surface area contributed by atoms with Crippen molar-refractivity contribution in [2.75, 3.05) is 13.1 Å². The lowest BCUT2D eigenvalue weighted by atomic mass is 10.1. The molecule has 1 fully saturated rings. The van der Waals surface area contributed by atoms with Crippen LogP contribution in [0.4, 0.5) is 4.39 Å². The molecule has 8 heteroatoms. The Hall–Kier alpha value is -1.99. The van der Waals surface area contributed by atoms with Crippen LogP contribution < -0.4 is 5.73 Å². The van der Waals surface area contributed by atoms with Crippen molar-refractivity contribution in [2.45, 2.75) is 38.6 Å². The van der Waals surface area contributed by atoms with Crippen molar-refractivity contribution in [3.05, 3.63) is 35.5 Å². The van der Waals surface area contributed by atoms with Gasteiger partial charge in [0, 0.05) is 37.5 Å². The number of aryl methyl sites for hydroxylation is 2. The maximum absolute atomic E-state index is 13.3. The van der Waals surface area contributed by atoms with E-state index in [1.807, 2.05) is 4.90 Å². The predicted octanol–water partition coefficient (Wildman–Crippen LogP) is 2.49. The molecule has 0 radical (unpaired) electrons. The molecule has 1 aliphatic heterocycles. The smallest absolute Gasteiger partial charge is 0.227 e. The Balaban J connectivity index is 0.00000225. The van der Waals surface area contributed by atoms with Crippen LogP contribution in [-0.2, 0) is 11.2 Å². The van der Waals surface area contributed by atoms with E-state index in [2.05, 4.69) is 10.1 Å². The SMILES string of the molecule is Cc1cc(-c2noc(CCC(=O)N3CCCC3CN)n2)ccc1F.Cl. The summed E-state index contributed by atoms with van der Waals surface area (Å²) >= 11 is 0. The van der Waals surface area contributed by atoms with Gasteiger partial charge in [0.05, 0.1) is 0 Å². The largest absolute Gasteiger partial charge is 0.339 e. The quantitative estimate of drug-likeness (QED) is 0.876. The van der Waals surface area contributed by atoms with Gasteiger partial charge in [0.25, 0.3) is 0 Å². The second kappa shape index (κ2) is 8.40. The van der Waals surface area contributed by atoms with Crippen molar-refractivity contribution in [3.8, 4) is 11.4 Å². The Morgan fingerprint density at radius 1 is 1.48 bits per heavy atom. The number of amides is 1. The van der Waals surface area contributed by atoms with Gasteiger partial charge in [0.2, 0.25) is 17.6 Å². The Kier molecular flexibility index (Phi) is 6.50. The molecule has 1 saturated heterocycles. The maximum Gasteiger partial charge on any atom is 0.227 e. The van der Waals surface area contributed by atoms with E-state index in [4.69, 9.17) is 10.3 Å². The normalized spacial score (nSPS) is 16.8. The van der Waals surface area contributed by atoms with Crippen LogP contribution in [0.2, 0.25) is 0 Å². The molecule has 0 saturated carbocycles. The van der Waals surface area contributed by atoms with Gasteiger partial charge in [-0.25, -0.2) is 4.39 Å². The van der Waals surface area contributed by atoms with Crippen LogP contribution in [0.5, 0.6) is 0 Å². The Morgan fingerprint density at radius 2 is 2.28 bits per heavy atom. The second-order valence-corrected chi connectivity index (χ2v) is 6.09. The van der Waals surface area contributed by atoms with E-state index in [1.165, 1.54) is 6.07 Å². The van der Waals surface area contributed by atoms with Crippen LogP contribution in [0.3, 0.4) is 0 Å². The number of carbonyl (C=O) groups excluding carboxylic acids is 1. The molecule has 2 heterocycles. The maximum atomic E-state index is 13.3.